The van der Waals surface area contributed by atoms with E-state index in [0.29, 0.717) is 18.7 Å². The highest BCUT2D eigenvalue weighted by atomic mass is 16.5. The highest BCUT2D eigenvalue weighted by Crippen LogP contribution is 2.16. The molecule has 0 spiro atoms. The van der Waals surface area contributed by atoms with Crippen LogP contribution in [0.25, 0.3) is 0 Å². The Morgan fingerprint density at radius 1 is 1.50 bits per heavy atom. The van der Waals surface area contributed by atoms with Gasteiger partial charge in [-0.15, -0.1) is 0 Å². The van der Waals surface area contributed by atoms with Gasteiger partial charge < -0.3 is 10.1 Å². The molecule has 94 valence electrons. The molecule has 6 heteroatoms. The molecule has 0 aliphatic heterocycles. The molecule has 0 saturated heterocycles. The number of benzene rings is 1. The number of aryl methyl sites for hydroxylation is 1. The van der Waals surface area contributed by atoms with Gasteiger partial charge in [0.2, 0.25) is 5.91 Å². The summed E-state index contributed by atoms with van der Waals surface area (Å²) < 4.78 is 6.70. The minimum Gasteiger partial charge on any atom is -0.497 e. The van der Waals surface area contributed by atoms with E-state index in [1.165, 1.54) is 6.33 Å². The van der Waals surface area contributed by atoms with Crippen LogP contribution >= 0.6 is 0 Å². The third-order valence-corrected chi connectivity index (χ3v) is 2.39. The first-order valence-electron chi connectivity index (χ1n) is 5.54. The van der Waals surface area contributed by atoms with Crippen LogP contribution in [0.4, 0.5) is 5.69 Å². The van der Waals surface area contributed by atoms with Crippen molar-refractivity contribution in [3.8, 4) is 5.75 Å². The summed E-state index contributed by atoms with van der Waals surface area (Å²) in [4.78, 5) is 15.5. The van der Waals surface area contributed by atoms with Crippen molar-refractivity contribution in [1.82, 2.24) is 14.8 Å². The lowest BCUT2D eigenvalue weighted by atomic mass is 10.3. The fourth-order valence-electron chi connectivity index (χ4n) is 1.49. The maximum Gasteiger partial charge on any atom is 0.226 e. The first-order chi connectivity index (χ1) is 8.78. The molecular weight excluding hydrogens is 232 g/mol. The first-order valence-corrected chi connectivity index (χ1v) is 5.54. The van der Waals surface area contributed by atoms with E-state index in [1.807, 2.05) is 18.2 Å². The minimum absolute atomic E-state index is 0.0706. The topological polar surface area (TPSA) is 69.0 Å². The van der Waals surface area contributed by atoms with E-state index in [2.05, 4.69) is 15.4 Å². The van der Waals surface area contributed by atoms with Crippen LogP contribution in [0.3, 0.4) is 0 Å². The monoisotopic (exact) mass is 246 g/mol. The minimum atomic E-state index is -0.0706. The highest BCUT2D eigenvalue weighted by molar-refractivity contribution is 5.90. The molecule has 0 unspecified atom stereocenters. The second-order valence-corrected chi connectivity index (χ2v) is 3.69. The lowest BCUT2D eigenvalue weighted by Crippen LogP contribution is -2.14. The number of carbonyl (C=O) groups excluding carboxylic acids is 1. The van der Waals surface area contributed by atoms with E-state index in [0.717, 1.165) is 5.69 Å². The number of nitrogens with zero attached hydrogens (tertiary/aromatic N) is 3. The fourth-order valence-corrected chi connectivity index (χ4v) is 1.49. The van der Waals surface area contributed by atoms with Gasteiger partial charge in [0.05, 0.1) is 13.7 Å². The molecule has 1 N–H and O–H groups in total. The molecule has 18 heavy (non-hydrogen) atoms. The Kier molecular flexibility index (Phi) is 3.90. The molecule has 0 bridgehead atoms. The van der Waals surface area contributed by atoms with Crippen LogP contribution in [0.15, 0.2) is 36.9 Å². The maximum atomic E-state index is 11.7. The number of nitrogens with one attached hydrogen (secondary N) is 1. The molecule has 1 heterocycles. The van der Waals surface area contributed by atoms with Crippen LogP contribution in [0.5, 0.6) is 5.75 Å². The Labute approximate surface area is 105 Å². The van der Waals surface area contributed by atoms with E-state index in [-0.39, 0.29) is 5.91 Å². The summed E-state index contributed by atoms with van der Waals surface area (Å²) in [7, 11) is 1.59. The van der Waals surface area contributed by atoms with Crippen molar-refractivity contribution in [2.24, 2.45) is 0 Å². The standard InChI is InChI=1S/C12H14N4O2/c1-18-11-4-2-3-10(7-11)15-12(17)5-6-16-9-13-8-14-16/h2-4,7-9H,5-6H2,1H3,(H,15,17). The van der Waals surface area contributed by atoms with Crippen molar-refractivity contribution in [1.29, 1.82) is 0 Å². The quantitative estimate of drug-likeness (QED) is 0.863. The Morgan fingerprint density at radius 3 is 3.11 bits per heavy atom. The average Bonchev–Trinajstić information content (AvgIpc) is 2.90. The van der Waals surface area contributed by atoms with Crippen LogP contribution in [0.2, 0.25) is 0 Å². The molecule has 0 atom stereocenters. The molecule has 0 aliphatic rings. The summed E-state index contributed by atoms with van der Waals surface area (Å²) in [6.45, 7) is 0.510. The number of hydrogen-bond acceptors (Lipinski definition) is 4. The summed E-state index contributed by atoms with van der Waals surface area (Å²) in [5.74, 6) is 0.642. The summed E-state index contributed by atoms with van der Waals surface area (Å²) in [6.07, 6.45) is 3.37. The van der Waals surface area contributed by atoms with Gasteiger partial charge in [0.25, 0.3) is 0 Å². The normalized spacial score (nSPS) is 10.1. The molecule has 2 aromatic rings. The van der Waals surface area contributed by atoms with Crippen LogP contribution in [-0.2, 0) is 11.3 Å². The van der Waals surface area contributed by atoms with Gasteiger partial charge in [-0.1, -0.05) is 6.07 Å². The smallest absolute Gasteiger partial charge is 0.226 e. The van der Waals surface area contributed by atoms with E-state index in [1.54, 1.807) is 24.2 Å². The molecule has 0 aliphatic carbocycles. The third kappa shape index (κ3) is 3.31. The highest BCUT2D eigenvalue weighted by Gasteiger charge is 2.03. The van der Waals surface area contributed by atoms with Gasteiger partial charge in [-0.05, 0) is 12.1 Å². The number of carbonyl (C=O) groups is 1. The number of ether oxygens (including phenoxy) is 1. The third-order valence-electron chi connectivity index (χ3n) is 2.39. The van der Waals surface area contributed by atoms with Crippen LogP contribution in [0, 0.1) is 0 Å². The SMILES string of the molecule is COc1cccc(NC(=O)CCn2cncn2)c1. The molecule has 1 aromatic heterocycles. The Balaban J connectivity index is 1.86. The Morgan fingerprint density at radius 2 is 2.39 bits per heavy atom. The summed E-state index contributed by atoms with van der Waals surface area (Å²) in [5.41, 5.74) is 0.720. The van der Waals surface area contributed by atoms with Crippen molar-refractivity contribution < 1.29 is 9.53 Å². The maximum absolute atomic E-state index is 11.7. The van der Waals surface area contributed by atoms with E-state index >= 15 is 0 Å². The van der Waals surface area contributed by atoms with Crippen molar-refractivity contribution in [3.05, 3.63) is 36.9 Å². The van der Waals surface area contributed by atoms with Crippen molar-refractivity contribution >= 4 is 11.6 Å². The van der Waals surface area contributed by atoms with E-state index in [9.17, 15) is 4.79 Å². The molecule has 2 rings (SSSR count). The zero-order valence-electron chi connectivity index (χ0n) is 10.0. The predicted molar refractivity (Wildman–Crippen MR) is 66.3 cm³/mol. The van der Waals surface area contributed by atoms with Crippen molar-refractivity contribution in [2.75, 3.05) is 12.4 Å². The van der Waals surface area contributed by atoms with E-state index in [4.69, 9.17) is 4.74 Å². The number of hydrogen-bond donors (Lipinski definition) is 1. The van der Waals surface area contributed by atoms with Gasteiger partial charge in [-0.25, -0.2) is 4.98 Å². The summed E-state index contributed by atoms with van der Waals surface area (Å²) >= 11 is 0. The Hall–Kier alpha value is -2.37. The van der Waals surface area contributed by atoms with Gasteiger partial charge in [0.1, 0.15) is 18.4 Å². The van der Waals surface area contributed by atoms with Crippen molar-refractivity contribution in [3.63, 3.8) is 0 Å². The summed E-state index contributed by atoms with van der Waals surface area (Å²) in [6, 6.07) is 7.24. The number of methoxy groups -OCH3 is 1. The molecule has 0 saturated carbocycles. The lowest BCUT2D eigenvalue weighted by molar-refractivity contribution is -0.116. The van der Waals surface area contributed by atoms with E-state index < -0.39 is 0 Å². The lowest BCUT2D eigenvalue weighted by Gasteiger charge is -2.06. The average molecular weight is 246 g/mol. The molecule has 0 radical (unpaired) electrons. The Bertz CT molecular complexity index is 511. The zero-order chi connectivity index (χ0) is 12.8. The second-order valence-electron chi connectivity index (χ2n) is 3.69. The number of rotatable bonds is 5. The fraction of sp³-hybridized carbons (Fsp3) is 0.250. The predicted octanol–water partition coefficient (Wildman–Crippen LogP) is 1.32. The number of amides is 1. The molecular formula is C12H14N4O2. The second kappa shape index (κ2) is 5.81. The van der Waals surface area contributed by atoms with Crippen LogP contribution in [0.1, 0.15) is 6.42 Å². The van der Waals surface area contributed by atoms with Gasteiger partial charge >= 0.3 is 0 Å². The largest absolute Gasteiger partial charge is 0.497 e. The summed E-state index contributed by atoms with van der Waals surface area (Å²) in [5, 5.41) is 6.73. The number of anilines is 1. The van der Waals surface area contributed by atoms with Crippen molar-refractivity contribution in [2.45, 2.75) is 13.0 Å². The molecule has 1 amide bonds. The molecule has 1 aromatic carbocycles. The number of aromatic nitrogens is 3. The van der Waals surface area contributed by atoms with Crippen LogP contribution in [-0.4, -0.2) is 27.8 Å². The zero-order valence-corrected chi connectivity index (χ0v) is 10.0. The first kappa shape index (κ1) is 12.1. The van der Waals surface area contributed by atoms with Crippen LogP contribution < -0.4 is 10.1 Å². The molecule has 0 fully saturated rings. The molecule has 6 nitrogen and oxygen atoms in total. The van der Waals surface area contributed by atoms with Gasteiger partial charge in [-0.2, -0.15) is 5.10 Å². The van der Waals surface area contributed by atoms with Gasteiger partial charge in [-0.3, -0.25) is 9.48 Å². The van der Waals surface area contributed by atoms with Gasteiger partial charge in [0.15, 0.2) is 0 Å². The van der Waals surface area contributed by atoms with Gasteiger partial charge in [0, 0.05) is 18.2 Å².